The van der Waals surface area contributed by atoms with Gasteiger partial charge in [-0.05, 0) is 49.9 Å². The number of aromatic nitrogens is 4. The molecule has 34 heavy (non-hydrogen) atoms. The molecule has 178 valence electrons. The first-order chi connectivity index (χ1) is 16.2. The van der Waals surface area contributed by atoms with Gasteiger partial charge in [-0.3, -0.25) is 4.68 Å². The van der Waals surface area contributed by atoms with Gasteiger partial charge < -0.3 is 10.6 Å². The molecular formula is C23H21Cl2F3N6. The first kappa shape index (κ1) is 23.0. The molecule has 3 heterocycles. The summed E-state index contributed by atoms with van der Waals surface area (Å²) < 4.78 is 42.1. The van der Waals surface area contributed by atoms with Crippen molar-refractivity contribution in [3.63, 3.8) is 0 Å². The van der Waals surface area contributed by atoms with E-state index in [4.69, 9.17) is 23.2 Å². The van der Waals surface area contributed by atoms with Crippen molar-refractivity contribution in [1.82, 2.24) is 19.7 Å². The second-order valence-electron chi connectivity index (χ2n) is 8.59. The Morgan fingerprint density at radius 3 is 2.50 bits per heavy atom. The predicted molar refractivity (Wildman–Crippen MR) is 129 cm³/mol. The lowest BCUT2D eigenvalue weighted by Gasteiger charge is -2.32. The summed E-state index contributed by atoms with van der Waals surface area (Å²) in [7, 11) is 1.83. The third kappa shape index (κ3) is 4.72. The standard InChI is InChI=1S/C23H21Cl2F3N6/c1-34-11-16-19(33-34)10-21(25)32-22(16)30-14-4-2-3-13(8-14)29-18-9-20(23(26,27)28)31-17-6-5-12(24)7-15(17)18/h5-7,9-11,13-14H,2-4,8H2,1H3,(H,29,31)(H,30,32)/t13-,14+/m0/s1. The van der Waals surface area contributed by atoms with Crippen LogP contribution in [0.5, 0.6) is 0 Å². The number of nitrogens with one attached hydrogen (secondary N) is 2. The van der Waals surface area contributed by atoms with E-state index in [1.165, 1.54) is 6.07 Å². The maximum Gasteiger partial charge on any atom is 0.433 e. The smallest absolute Gasteiger partial charge is 0.382 e. The summed E-state index contributed by atoms with van der Waals surface area (Å²) in [5.41, 5.74) is 0.433. The van der Waals surface area contributed by atoms with Crippen LogP contribution in [-0.2, 0) is 13.2 Å². The fraction of sp³-hybridized carbons (Fsp3) is 0.348. The molecule has 5 rings (SSSR count). The number of anilines is 2. The molecule has 2 atom stereocenters. The number of fused-ring (bicyclic) bond motifs is 2. The van der Waals surface area contributed by atoms with E-state index in [-0.39, 0.29) is 17.6 Å². The lowest BCUT2D eigenvalue weighted by atomic mass is 9.90. The quantitative estimate of drug-likeness (QED) is 0.301. The number of alkyl halides is 3. The second kappa shape index (κ2) is 8.78. The molecule has 1 aromatic carbocycles. The van der Waals surface area contributed by atoms with Gasteiger partial charge in [0, 0.05) is 47.5 Å². The van der Waals surface area contributed by atoms with Gasteiger partial charge in [-0.1, -0.05) is 23.2 Å². The van der Waals surface area contributed by atoms with Gasteiger partial charge in [-0.2, -0.15) is 18.3 Å². The number of hydrogen-bond acceptors (Lipinski definition) is 5. The van der Waals surface area contributed by atoms with Gasteiger partial charge in [0.2, 0.25) is 0 Å². The first-order valence-electron chi connectivity index (χ1n) is 10.9. The summed E-state index contributed by atoms with van der Waals surface area (Å²) in [6.45, 7) is 0. The van der Waals surface area contributed by atoms with Gasteiger partial charge in [0.05, 0.1) is 16.4 Å². The summed E-state index contributed by atoms with van der Waals surface area (Å²) in [4.78, 5) is 8.23. The lowest BCUT2D eigenvalue weighted by Crippen LogP contribution is -2.34. The Kier molecular flexibility index (Phi) is 5.93. The van der Waals surface area contributed by atoms with Crippen LogP contribution in [0.1, 0.15) is 31.4 Å². The van der Waals surface area contributed by atoms with E-state index in [1.54, 1.807) is 22.9 Å². The largest absolute Gasteiger partial charge is 0.433 e. The van der Waals surface area contributed by atoms with E-state index in [0.29, 0.717) is 33.5 Å². The van der Waals surface area contributed by atoms with Crippen molar-refractivity contribution in [2.24, 2.45) is 7.05 Å². The predicted octanol–water partition coefficient (Wildman–Crippen LogP) is 6.68. The van der Waals surface area contributed by atoms with Crippen LogP contribution in [0.15, 0.2) is 36.5 Å². The van der Waals surface area contributed by atoms with Gasteiger partial charge in [0.1, 0.15) is 16.7 Å². The maximum absolute atomic E-state index is 13.5. The van der Waals surface area contributed by atoms with Crippen molar-refractivity contribution in [2.45, 2.75) is 43.9 Å². The molecule has 0 spiro atoms. The van der Waals surface area contributed by atoms with Crippen LogP contribution >= 0.6 is 23.2 Å². The van der Waals surface area contributed by atoms with Crippen LogP contribution < -0.4 is 10.6 Å². The Morgan fingerprint density at radius 1 is 0.971 bits per heavy atom. The normalized spacial score (nSPS) is 19.0. The zero-order valence-corrected chi connectivity index (χ0v) is 19.6. The Balaban J connectivity index is 1.41. The fourth-order valence-electron chi connectivity index (χ4n) is 4.54. The summed E-state index contributed by atoms with van der Waals surface area (Å²) >= 11 is 12.3. The maximum atomic E-state index is 13.5. The number of rotatable bonds is 4. The number of aryl methyl sites for hydroxylation is 1. The summed E-state index contributed by atoms with van der Waals surface area (Å²) in [6.07, 6.45) is 0.670. The molecule has 1 saturated carbocycles. The molecule has 2 N–H and O–H groups in total. The summed E-state index contributed by atoms with van der Waals surface area (Å²) in [5, 5.41) is 13.4. The Bertz CT molecular complexity index is 1370. The molecule has 0 saturated heterocycles. The minimum Gasteiger partial charge on any atom is -0.382 e. The highest BCUT2D eigenvalue weighted by atomic mass is 35.5. The highest BCUT2D eigenvalue weighted by Gasteiger charge is 2.34. The molecule has 4 aromatic rings. The van der Waals surface area contributed by atoms with Gasteiger partial charge in [0.15, 0.2) is 0 Å². The van der Waals surface area contributed by atoms with Crippen molar-refractivity contribution in [1.29, 1.82) is 0 Å². The minimum atomic E-state index is -4.55. The monoisotopic (exact) mass is 508 g/mol. The molecular weight excluding hydrogens is 488 g/mol. The number of pyridine rings is 2. The van der Waals surface area contributed by atoms with Crippen LogP contribution in [0.3, 0.4) is 0 Å². The topological polar surface area (TPSA) is 67.7 Å². The van der Waals surface area contributed by atoms with Crippen molar-refractivity contribution in [3.8, 4) is 0 Å². The highest BCUT2D eigenvalue weighted by Crippen LogP contribution is 2.36. The molecule has 1 aliphatic rings. The molecule has 0 bridgehead atoms. The number of benzene rings is 1. The van der Waals surface area contributed by atoms with Crippen LogP contribution in [0.2, 0.25) is 10.2 Å². The third-order valence-electron chi connectivity index (χ3n) is 6.02. The fourth-order valence-corrected chi connectivity index (χ4v) is 4.90. The summed E-state index contributed by atoms with van der Waals surface area (Å²) in [6, 6.07) is 7.49. The van der Waals surface area contributed by atoms with E-state index < -0.39 is 11.9 Å². The van der Waals surface area contributed by atoms with E-state index in [1.807, 2.05) is 13.2 Å². The lowest BCUT2D eigenvalue weighted by molar-refractivity contribution is -0.140. The van der Waals surface area contributed by atoms with E-state index in [0.717, 1.165) is 36.2 Å². The van der Waals surface area contributed by atoms with E-state index in [2.05, 4.69) is 25.7 Å². The molecule has 0 amide bonds. The molecule has 1 fully saturated rings. The molecule has 3 aromatic heterocycles. The van der Waals surface area contributed by atoms with Gasteiger partial charge in [-0.25, -0.2) is 9.97 Å². The molecule has 0 radical (unpaired) electrons. The zero-order valence-electron chi connectivity index (χ0n) is 18.1. The van der Waals surface area contributed by atoms with E-state index >= 15 is 0 Å². The first-order valence-corrected chi connectivity index (χ1v) is 11.6. The van der Waals surface area contributed by atoms with Gasteiger partial charge >= 0.3 is 6.18 Å². The SMILES string of the molecule is Cn1cc2c(N[C@@H]3CCC[C@H](Nc4cc(C(F)(F)F)nc5ccc(Cl)cc45)C3)nc(Cl)cc2n1. The third-order valence-corrected chi connectivity index (χ3v) is 6.45. The number of nitrogens with zero attached hydrogens (tertiary/aromatic N) is 4. The average Bonchev–Trinajstić information content (AvgIpc) is 3.13. The van der Waals surface area contributed by atoms with Crippen LogP contribution in [0.4, 0.5) is 24.7 Å². The second-order valence-corrected chi connectivity index (χ2v) is 9.42. The van der Waals surface area contributed by atoms with E-state index in [9.17, 15) is 13.2 Å². The number of halogens is 5. The Morgan fingerprint density at radius 2 is 1.74 bits per heavy atom. The van der Waals surface area contributed by atoms with Crippen molar-refractivity contribution >= 4 is 56.5 Å². The Labute approximate surface area is 203 Å². The highest BCUT2D eigenvalue weighted by molar-refractivity contribution is 6.31. The zero-order chi connectivity index (χ0) is 24.0. The van der Waals surface area contributed by atoms with Crippen molar-refractivity contribution < 1.29 is 13.2 Å². The van der Waals surface area contributed by atoms with Crippen LogP contribution in [0, 0.1) is 0 Å². The molecule has 0 unspecified atom stereocenters. The molecule has 0 aliphatic heterocycles. The average molecular weight is 509 g/mol. The molecule has 1 aliphatic carbocycles. The van der Waals surface area contributed by atoms with Crippen molar-refractivity contribution in [2.75, 3.05) is 10.6 Å². The molecule has 11 heteroatoms. The summed E-state index contributed by atoms with van der Waals surface area (Å²) in [5.74, 6) is 0.654. The number of hydrogen-bond donors (Lipinski definition) is 2. The van der Waals surface area contributed by atoms with Gasteiger partial charge in [-0.15, -0.1) is 0 Å². The van der Waals surface area contributed by atoms with Crippen molar-refractivity contribution in [3.05, 3.63) is 52.4 Å². The molecule has 6 nitrogen and oxygen atoms in total. The van der Waals surface area contributed by atoms with Crippen LogP contribution in [0.25, 0.3) is 21.8 Å². The van der Waals surface area contributed by atoms with Crippen LogP contribution in [-0.4, -0.2) is 31.8 Å². The minimum absolute atomic E-state index is 0.0412. The Hall–Kier alpha value is -2.78. The van der Waals surface area contributed by atoms with Gasteiger partial charge in [0.25, 0.3) is 0 Å².